The summed E-state index contributed by atoms with van der Waals surface area (Å²) < 4.78 is 0. The molecule has 0 saturated carbocycles. The molecule has 0 bridgehead atoms. The number of thiophene rings is 1. The molecule has 3 heteroatoms. The number of rotatable bonds is 4. The molecule has 1 saturated heterocycles. The van der Waals surface area contributed by atoms with Crippen LogP contribution < -0.4 is 5.32 Å². The van der Waals surface area contributed by atoms with Crippen molar-refractivity contribution in [2.45, 2.75) is 39.3 Å². The van der Waals surface area contributed by atoms with Gasteiger partial charge in [0, 0.05) is 32.2 Å². The van der Waals surface area contributed by atoms with Crippen LogP contribution in [0, 0.1) is 6.92 Å². The van der Waals surface area contributed by atoms with E-state index in [0.717, 1.165) is 13.1 Å². The Labute approximate surface area is 103 Å². The Morgan fingerprint density at radius 3 is 3.06 bits per heavy atom. The van der Waals surface area contributed by atoms with Gasteiger partial charge >= 0.3 is 0 Å². The minimum Gasteiger partial charge on any atom is -0.311 e. The van der Waals surface area contributed by atoms with Crippen LogP contribution in [0.25, 0.3) is 0 Å². The highest BCUT2D eigenvalue weighted by atomic mass is 32.1. The van der Waals surface area contributed by atoms with E-state index in [1.165, 1.54) is 37.1 Å². The Balaban J connectivity index is 1.88. The summed E-state index contributed by atoms with van der Waals surface area (Å²) in [4.78, 5) is 2.59. The third-order valence-corrected chi connectivity index (χ3v) is 4.24. The van der Waals surface area contributed by atoms with Crippen molar-refractivity contribution >= 4 is 11.3 Å². The smallest absolute Gasteiger partial charge is 0.0245 e. The molecule has 1 aliphatic rings. The molecular weight excluding hydrogens is 216 g/mol. The summed E-state index contributed by atoms with van der Waals surface area (Å²) in [7, 11) is 0. The molecule has 1 aromatic heterocycles. The lowest BCUT2D eigenvalue weighted by atomic mass is 10.1. The summed E-state index contributed by atoms with van der Waals surface area (Å²) in [6.45, 7) is 9.17. The second kappa shape index (κ2) is 5.80. The average molecular weight is 238 g/mol. The number of aryl methyl sites for hydroxylation is 1. The molecule has 0 amide bonds. The molecule has 2 nitrogen and oxygen atoms in total. The van der Waals surface area contributed by atoms with Gasteiger partial charge in [-0.25, -0.2) is 0 Å². The Bertz CT molecular complexity index is 319. The highest BCUT2D eigenvalue weighted by Gasteiger charge is 2.18. The van der Waals surface area contributed by atoms with Crippen LogP contribution in [0.5, 0.6) is 0 Å². The molecule has 1 unspecified atom stereocenters. The minimum atomic E-state index is 0.706. The van der Waals surface area contributed by atoms with E-state index in [1.54, 1.807) is 0 Å². The van der Waals surface area contributed by atoms with Crippen LogP contribution in [-0.2, 0) is 6.54 Å². The van der Waals surface area contributed by atoms with Gasteiger partial charge in [-0.2, -0.15) is 11.3 Å². The van der Waals surface area contributed by atoms with Crippen molar-refractivity contribution in [1.29, 1.82) is 0 Å². The predicted molar refractivity (Wildman–Crippen MR) is 71.0 cm³/mol. The molecule has 2 heterocycles. The molecular formula is C13H22N2S. The van der Waals surface area contributed by atoms with Gasteiger partial charge in [0.25, 0.3) is 0 Å². The Morgan fingerprint density at radius 1 is 1.50 bits per heavy atom. The number of hydrogen-bond acceptors (Lipinski definition) is 3. The summed E-state index contributed by atoms with van der Waals surface area (Å²) in [5.74, 6) is 0. The standard InChI is InChI=1S/C13H22N2S/c1-3-4-13-8-15(6-5-14-13)7-12-10-16-9-11(12)2/h9-10,13-14H,3-8H2,1-2H3. The van der Waals surface area contributed by atoms with E-state index < -0.39 is 0 Å². The summed E-state index contributed by atoms with van der Waals surface area (Å²) in [5, 5.41) is 8.15. The van der Waals surface area contributed by atoms with Crippen LogP contribution in [0.4, 0.5) is 0 Å². The van der Waals surface area contributed by atoms with Crippen LogP contribution in [0.15, 0.2) is 10.8 Å². The van der Waals surface area contributed by atoms with Gasteiger partial charge in [0.15, 0.2) is 0 Å². The van der Waals surface area contributed by atoms with Gasteiger partial charge in [-0.3, -0.25) is 4.90 Å². The summed E-state index contributed by atoms with van der Waals surface area (Å²) in [6.07, 6.45) is 2.59. The van der Waals surface area contributed by atoms with E-state index in [-0.39, 0.29) is 0 Å². The first-order valence-corrected chi connectivity index (χ1v) is 7.21. The van der Waals surface area contributed by atoms with Gasteiger partial charge in [-0.05, 0) is 35.2 Å². The molecule has 1 fully saturated rings. The quantitative estimate of drug-likeness (QED) is 0.867. The first-order chi connectivity index (χ1) is 7.79. The molecule has 16 heavy (non-hydrogen) atoms. The fraction of sp³-hybridized carbons (Fsp3) is 0.692. The van der Waals surface area contributed by atoms with E-state index in [2.05, 4.69) is 34.8 Å². The van der Waals surface area contributed by atoms with Gasteiger partial charge in [0.1, 0.15) is 0 Å². The minimum absolute atomic E-state index is 0.706. The molecule has 0 spiro atoms. The van der Waals surface area contributed by atoms with Gasteiger partial charge < -0.3 is 5.32 Å². The highest BCUT2D eigenvalue weighted by Crippen LogP contribution is 2.17. The second-order valence-corrected chi connectivity index (χ2v) is 5.50. The van der Waals surface area contributed by atoms with Crippen molar-refractivity contribution in [2.75, 3.05) is 19.6 Å². The number of piperazine rings is 1. The van der Waals surface area contributed by atoms with Gasteiger partial charge in [-0.1, -0.05) is 13.3 Å². The molecule has 1 N–H and O–H groups in total. The topological polar surface area (TPSA) is 15.3 Å². The molecule has 90 valence electrons. The van der Waals surface area contributed by atoms with Crippen molar-refractivity contribution < 1.29 is 0 Å². The zero-order chi connectivity index (χ0) is 11.4. The zero-order valence-corrected chi connectivity index (χ0v) is 11.1. The third kappa shape index (κ3) is 3.06. The first kappa shape index (κ1) is 12.1. The lowest BCUT2D eigenvalue weighted by Crippen LogP contribution is -2.50. The molecule has 1 aliphatic heterocycles. The van der Waals surface area contributed by atoms with E-state index in [9.17, 15) is 0 Å². The van der Waals surface area contributed by atoms with E-state index >= 15 is 0 Å². The summed E-state index contributed by atoms with van der Waals surface area (Å²) in [6, 6.07) is 0.706. The van der Waals surface area contributed by atoms with Crippen LogP contribution in [-0.4, -0.2) is 30.6 Å². The van der Waals surface area contributed by atoms with Crippen molar-refractivity contribution in [2.24, 2.45) is 0 Å². The Kier molecular flexibility index (Phi) is 4.38. The monoisotopic (exact) mass is 238 g/mol. The van der Waals surface area contributed by atoms with E-state index in [0.29, 0.717) is 6.04 Å². The summed E-state index contributed by atoms with van der Waals surface area (Å²) >= 11 is 1.82. The van der Waals surface area contributed by atoms with E-state index in [4.69, 9.17) is 0 Å². The van der Waals surface area contributed by atoms with Gasteiger partial charge in [0.05, 0.1) is 0 Å². The fourth-order valence-electron chi connectivity index (χ4n) is 2.37. The van der Waals surface area contributed by atoms with Crippen molar-refractivity contribution in [3.8, 4) is 0 Å². The van der Waals surface area contributed by atoms with Gasteiger partial charge in [-0.15, -0.1) is 0 Å². The fourth-order valence-corrected chi connectivity index (χ4v) is 3.22. The molecule has 0 aliphatic carbocycles. The largest absolute Gasteiger partial charge is 0.311 e. The SMILES string of the molecule is CCCC1CN(Cc2cscc2C)CCN1. The maximum atomic E-state index is 3.61. The van der Waals surface area contributed by atoms with Gasteiger partial charge in [0.2, 0.25) is 0 Å². The predicted octanol–water partition coefficient (Wildman–Crippen LogP) is 2.63. The lowest BCUT2D eigenvalue weighted by molar-refractivity contribution is 0.187. The number of hydrogen-bond donors (Lipinski definition) is 1. The Hall–Kier alpha value is -0.380. The maximum Gasteiger partial charge on any atom is 0.0245 e. The van der Waals surface area contributed by atoms with Crippen LogP contribution in [0.1, 0.15) is 30.9 Å². The highest BCUT2D eigenvalue weighted by molar-refractivity contribution is 7.08. The Morgan fingerprint density at radius 2 is 2.38 bits per heavy atom. The molecule has 0 radical (unpaired) electrons. The zero-order valence-electron chi connectivity index (χ0n) is 10.3. The number of nitrogens with zero attached hydrogens (tertiary/aromatic N) is 1. The normalized spacial score (nSPS) is 22.5. The van der Waals surface area contributed by atoms with E-state index in [1.807, 2.05) is 11.3 Å². The van der Waals surface area contributed by atoms with Crippen molar-refractivity contribution in [1.82, 2.24) is 10.2 Å². The molecule has 0 aromatic carbocycles. The van der Waals surface area contributed by atoms with Crippen LogP contribution >= 0.6 is 11.3 Å². The maximum absolute atomic E-state index is 3.61. The number of nitrogens with one attached hydrogen (secondary N) is 1. The molecule has 2 rings (SSSR count). The average Bonchev–Trinajstić information content (AvgIpc) is 2.66. The van der Waals surface area contributed by atoms with Crippen LogP contribution in [0.3, 0.4) is 0 Å². The molecule has 1 aromatic rings. The first-order valence-electron chi connectivity index (χ1n) is 6.27. The van der Waals surface area contributed by atoms with Crippen molar-refractivity contribution in [3.05, 3.63) is 21.9 Å². The third-order valence-electron chi connectivity index (χ3n) is 3.33. The lowest BCUT2D eigenvalue weighted by Gasteiger charge is -2.33. The second-order valence-electron chi connectivity index (χ2n) is 4.75. The van der Waals surface area contributed by atoms with Crippen LogP contribution in [0.2, 0.25) is 0 Å². The summed E-state index contributed by atoms with van der Waals surface area (Å²) in [5.41, 5.74) is 2.97. The molecule has 1 atom stereocenters. The van der Waals surface area contributed by atoms with Crippen molar-refractivity contribution in [3.63, 3.8) is 0 Å².